The summed E-state index contributed by atoms with van der Waals surface area (Å²) in [6, 6.07) is 27.5. The van der Waals surface area contributed by atoms with Gasteiger partial charge in [-0.3, -0.25) is 10.2 Å². The number of aromatic carboxylic acids is 1. The van der Waals surface area contributed by atoms with Crippen LogP contribution >= 0.6 is 66.4 Å². The molecule has 10 aromatic rings. The van der Waals surface area contributed by atoms with E-state index in [1.807, 2.05) is 75.4 Å². The van der Waals surface area contributed by atoms with Crippen molar-refractivity contribution in [1.29, 1.82) is 10.8 Å². The number of nitrogens with two attached hydrogens (primary N) is 2. The smallest absolute Gasteiger partial charge is 0.435 e. The minimum atomic E-state index is -4.63. The van der Waals surface area contributed by atoms with E-state index in [9.17, 15) is 32.3 Å². The Bertz CT molecular complexity index is 4190. The zero-order chi connectivity index (χ0) is 67.0. The fraction of sp³-hybridized carbons (Fsp3) is 0.270. The molecule has 7 heterocycles. The summed E-state index contributed by atoms with van der Waals surface area (Å²) in [7, 11) is 0. The van der Waals surface area contributed by atoms with Gasteiger partial charge in [0.25, 0.3) is 0 Å². The summed E-state index contributed by atoms with van der Waals surface area (Å²) in [5.74, 6) is -0.324. The first-order valence-corrected chi connectivity index (χ1v) is 30.0. The molecule has 0 spiro atoms. The molecule has 1 fully saturated rings. The molecule has 1 unspecified atom stereocenters. The van der Waals surface area contributed by atoms with Crippen molar-refractivity contribution in [2.45, 2.75) is 101 Å². The van der Waals surface area contributed by atoms with Gasteiger partial charge < -0.3 is 51.8 Å². The van der Waals surface area contributed by atoms with Crippen LogP contribution in [0.5, 0.6) is 0 Å². The molecule has 502 valence electrons. The molecule has 1 saturated heterocycles. The largest absolute Gasteiger partial charge is 0.477 e. The monoisotopic (exact) mass is 1480 g/mol. The van der Waals surface area contributed by atoms with Crippen molar-refractivity contribution in [3.05, 3.63) is 164 Å². The Morgan fingerprint density at radius 3 is 1.80 bits per heavy atom. The first-order chi connectivity index (χ1) is 42.8. The third-order valence-corrected chi connectivity index (χ3v) is 14.1. The lowest BCUT2D eigenvalue weighted by molar-refractivity contribution is -0.138. The number of rotatable bonds is 8. The van der Waals surface area contributed by atoms with Gasteiger partial charge in [0, 0.05) is 84.9 Å². The summed E-state index contributed by atoms with van der Waals surface area (Å²) in [6.07, 6.45) is 4.01. The van der Waals surface area contributed by atoms with Gasteiger partial charge in [0.05, 0.1) is 41.4 Å². The normalized spacial score (nSPS) is 12.4. The Kier molecular flexibility index (Phi) is 30.1. The van der Waals surface area contributed by atoms with Gasteiger partial charge in [0.1, 0.15) is 32.6 Å². The lowest BCUT2D eigenvalue weighted by atomic mass is 10.2. The average molecular weight is 1490 g/mol. The van der Waals surface area contributed by atoms with Crippen LogP contribution in [0, 0.1) is 10.8 Å². The highest BCUT2D eigenvalue weighted by Crippen LogP contribution is 2.34. The number of aromatic amines is 1. The highest BCUT2D eigenvalue weighted by molar-refractivity contribution is 9.10. The maximum Gasteiger partial charge on any atom is 0.435 e. The average Bonchev–Trinajstić information content (AvgIpc) is 1.59. The zero-order valence-corrected chi connectivity index (χ0v) is 55.0. The number of allylic oxidation sites excluding steroid dienone is 1. The predicted molar refractivity (Wildman–Crippen MR) is 374 cm³/mol. The minimum Gasteiger partial charge on any atom is -0.477 e. The molecule has 11 rings (SSSR count). The summed E-state index contributed by atoms with van der Waals surface area (Å²) in [4.78, 5) is 64.7. The third kappa shape index (κ3) is 24.3. The predicted octanol–water partition coefficient (Wildman–Crippen LogP) is 17.3. The van der Waals surface area contributed by atoms with Crippen LogP contribution in [0.3, 0.4) is 0 Å². The van der Waals surface area contributed by atoms with Crippen LogP contribution in [-0.4, -0.2) is 116 Å². The second kappa shape index (κ2) is 35.5. The number of hydrogen-bond acceptors (Lipinski definition) is 20. The number of hydrogen-bond donors (Lipinski definition) is 8. The number of ketones is 1. The van der Waals surface area contributed by atoms with Crippen LogP contribution in [0.1, 0.15) is 103 Å². The number of nitrogens with one attached hydrogen (secondary N) is 5. The highest BCUT2D eigenvalue weighted by atomic mass is 79.9. The number of nitrogens with zero attached hydrogens (tertiary/aromatic N) is 8. The van der Waals surface area contributed by atoms with Gasteiger partial charge in [-0.05, 0) is 156 Å². The summed E-state index contributed by atoms with van der Waals surface area (Å²) >= 11 is 19.4. The molecule has 1 aliphatic heterocycles. The molecular weight excluding hydrogens is 1410 g/mol. The molecule has 10 N–H and O–H groups in total. The molecule has 0 radical (unpaired) electrons. The van der Waals surface area contributed by atoms with Crippen LogP contribution < -0.4 is 22.1 Å². The number of aromatic nitrogens is 9. The Morgan fingerprint density at radius 1 is 0.777 bits per heavy atom. The Balaban J connectivity index is 0.000000314. The summed E-state index contributed by atoms with van der Waals surface area (Å²) in [6.45, 7) is 13.8. The molecule has 4 aromatic carbocycles. The molecule has 1 aliphatic rings. The van der Waals surface area contributed by atoms with Gasteiger partial charge in [-0.1, -0.05) is 77.9 Å². The number of ether oxygens (including phenoxy) is 3. The first-order valence-electron chi connectivity index (χ1n) is 26.9. The molecule has 94 heavy (non-hydrogen) atoms. The minimum absolute atomic E-state index is 0. The van der Waals surface area contributed by atoms with E-state index in [4.69, 9.17) is 64.8 Å². The SMILES string of the molecule is C.C.C.CC(=O)c1cc2ccc(Br)cc2[nH]1.CC(C)(C)OC(=O)n1ncc2cc(Nc3ccnc(Cl)n3)ccc21.CC(C)(C)OC(=O)n1ncc2cc(Nc3ncc(C(F)(F)F)c(Cl)n3)ccc21.N=CC(=N)C=CN.NC1CCOC1.O=C(O)c1cc2ccc(Br)cc2s1. The third-order valence-electron chi connectivity index (χ3n) is 11.5. The van der Waals surface area contributed by atoms with Crippen molar-refractivity contribution in [3.63, 3.8) is 0 Å². The van der Waals surface area contributed by atoms with E-state index >= 15 is 0 Å². The number of anilines is 4. The van der Waals surface area contributed by atoms with Crippen LogP contribution in [0.2, 0.25) is 10.4 Å². The Labute approximate surface area is 571 Å². The van der Waals surface area contributed by atoms with E-state index in [0.29, 0.717) is 50.7 Å². The standard InChI is InChI=1S/C17H15ClF3N5O2.C16H16ClN5O2.C10H8BrNO.C9H5BrO2S.C4H7N3.C4H9NO.3CH4/c1-16(2,3)28-15(27)26-12-5-4-10(6-9(12)7-23-26)24-14-22-8-11(13(18)25-14)17(19,20)21;1-16(2,3)24-15(23)22-12-5-4-11(8-10(12)9-19-22)20-13-6-7-18-14(17)21-13;1-6(13)9-4-7-2-3-8(11)5-10(7)12-9;10-6-2-1-5-3-8(9(11)12)13-7(5)4-6;5-2-1-4(7)3-6;5-4-1-2-6-3-4;;;/h4-8H,1-3H3,(H,22,24,25);4-9H,1-3H3,(H,18,20,21);2-5,12H,1H3;1-4H,(H,11,12);1-3,6-7H,5H2;4H,1-3,5H2;3*1H4. The first kappa shape index (κ1) is 79.5. The van der Waals surface area contributed by atoms with Gasteiger partial charge in [-0.15, -0.1) is 11.3 Å². The highest BCUT2D eigenvalue weighted by Gasteiger charge is 2.35. The molecule has 1 atom stereocenters. The van der Waals surface area contributed by atoms with Crippen LogP contribution in [0.25, 0.3) is 42.8 Å². The second-order valence-corrected chi connectivity index (χ2v) is 24.7. The number of thiophene rings is 1. The number of alkyl halides is 3. The molecule has 0 bridgehead atoms. The van der Waals surface area contributed by atoms with E-state index in [-0.39, 0.29) is 45.0 Å². The summed E-state index contributed by atoms with van der Waals surface area (Å²) in [5.41, 5.74) is 12.1. The van der Waals surface area contributed by atoms with Crippen LogP contribution in [0.15, 0.2) is 137 Å². The maximum absolute atomic E-state index is 12.7. The van der Waals surface area contributed by atoms with Crippen molar-refractivity contribution in [1.82, 2.24) is 44.5 Å². The fourth-order valence-corrected chi connectivity index (χ4v) is 9.72. The van der Waals surface area contributed by atoms with E-state index in [1.165, 1.54) is 34.5 Å². The van der Waals surface area contributed by atoms with Crippen molar-refractivity contribution < 1.29 is 51.7 Å². The molecule has 23 nitrogen and oxygen atoms in total. The molecule has 0 aliphatic carbocycles. The molecule has 6 aromatic heterocycles. The van der Waals surface area contributed by atoms with Crippen molar-refractivity contribution in [3.8, 4) is 0 Å². The number of carboxylic acids is 1. The molecule has 0 saturated carbocycles. The zero-order valence-electron chi connectivity index (χ0n) is 49.5. The van der Waals surface area contributed by atoms with Crippen LogP contribution in [-0.2, 0) is 20.4 Å². The topological polar surface area (TPSA) is 343 Å². The molecular formula is C63H72Br2Cl2F3N15O8S. The number of fused-ring (bicyclic) bond motifs is 4. The number of Topliss-reactive ketones (excluding diaryl/α,β-unsaturated/α-hetero) is 1. The number of carboxylic acid groups (broad SMARTS) is 1. The van der Waals surface area contributed by atoms with Gasteiger partial charge in [0.2, 0.25) is 11.2 Å². The number of carbonyl (C=O) groups is 4. The van der Waals surface area contributed by atoms with Gasteiger partial charge in [-0.2, -0.15) is 32.7 Å². The van der Waals surface area contributed by atoms with E-state index < -0.39 is 46.3 Å². The quantitative estimate of drug-likeness (QED) is 0.0303. The number of benzene rings is 4. The lowest BCUT2D eigenvalue weighted by Gasteiger charge is -2.19. The number of H-pyrrole nitrogens is 1. The molecule has 0 amide bonds. The number of halogens is 7. The second-order valence-electron chi connectivity index (χ2n) is 21.1. The molecule has 31 heteroatoms. The maximum atomic E-state index is 12.7. The summed E-state index contributed by atoms with van der Waals surface area (Å²) in [5, 5.41) is 38.9. The van der Waals surface area contributed by atoms with Crippen molar-refractivity contribution >= 4 is 168 Å². The lowest BCUT2D eigenvalue weighted by Crippen LogP contribution is -2.27. The van der Waals surface area contributed by atoms with E-state index in [2.05, 4.69) is 77.6 Å². The van der Waals surface area contributed by atoms with Crippen molar-refractivity contribution in [2.75, 3.05) is 23.8 Å². The summed E-state index contributed by atoms with van der Waals surface area (Å²) < 4.78 is 59.1. The van der Waals surface area contributed by atoms with Gasteiger partial charge in [0.15, 0.2) is 5.78 Å². The van der Waals surface area contributed by atoms with Gasteiger partial charge in [-0.25, -0.2) is 34.3 Å². The Morgan fingerprint density at radius 2 is 1.34 bits per heavy atom. The van der Waals surface area contributed by atoms with E-state index in [0.717, 1.165) is 71.5 Å². The van der Waals surface area contributed by atoms with E-state index in [1.54, 1.807) is 76.5 Å². The van der Waals surface area contributed by atoms with Crippen LogP contribution in [0.4, 0.5) is 45.9 Å². The fourth-order valence-electron chi connectivity index (χ4n) is 7.52. The van der Waals surface area contributed by atoms with Gasteiger partial charge >= 0.3 is 24.3 Å². The number of carbonyl (C=O) groups excluding carboxylic acids is 3. The van der Waals surface area contributed by atoms with Crippen molar-refractivity contribution in [2.24, 2.45) is 11.5 Å². The Hall–Kier alpha value is -8.71.